The summed E-state index contributed by atoms with van der Waals surface area (Å²) in [6.07, 6.45) is 5.55. The summed E-state index contributed by atoms with van der Waals surface area (Å²) in [4.78, 5) is 23.8. The molecule has 0 unspecified atom stereocenters. The number of hydrogen-bond donors (Lipinski definition) is 2. The zero-order chi connectivity index (χ0) is 19.5. The van der Waals surface area contributed by atoms with Crippen molar-refractivity contribution in [2.75, 3.05) is 6.61 Å². The quantitative estimate of drug-likeness (QED) is 0.735. The van der Waals surface area contributed by atoms with Gasteiger partial charge in [-0.25, -0.2) is 9.59 Å². The van der Waals surface area contributed by atoms with Crippen LogP contribution in [0.2, 0.25) is 0 Å². The fraction of sp³-hybridized carbons (Fsp3) is 0.304. The molecule has 2 N–H and O–H groups in total. The Morgan fingerprint density at radius 1 is 1.00 bits per heavy atom. The molecule has 0 spiro atoms. The number of carboxylic acids is 1. The minimum atomic E-state index is -1.03. The summed E-state index contributed by atoms with van der Waals surface area (Å²) >= 11 is 0. The molecule has 28 heavy (non-hydrogen) atoms. The molecular formula is C23H23NO4. The zero-order valence-electron chi connectivity index (χ0n) is 15.5. The Hall–Kier alpha value is -3.08. The van der Waals surface area contributed by atoms with Gasteiger partial charge in [-0.1, -0.05) is 60.7 Å². The lowest BCUT2D eigenvalue weighted by atomic mass is 9.97. The molecule has 0 saturated carbocycles. The van der Waals surface area contributed by atoms with E-state index in [4.69, 9.17) is 4.74 Å². The van der Waals surface area contributed by atoms with Crippen molar-refractivity contribution in [3.63, 3.8) is 0 Å². The average Bonchev–Trinajstić information content (AvgIpc) is 3.32. The minimum absolute atomic E-state index is 0.0412. The highest BCUT2D eigenvalue weighted by Crippen LogP contribution is 2.44. The SMILES string of the molecule is O=C(N[C@@H](CC1CC=CC1)C(=O)O)OCC1c2ccccc2-c2ccccc21. The van der Waals surface area contributed by atoms with Crippen LogP contribution in [0.4, 0.5) is 4.79 Å². The number of alkyl carbamates (subject to hydrolysis) is 1. The Kier molecular flexibility index (Phi) is 5.15. The van der Waals surface area contributed by atoms with Gasteiger partial charge in [-0.3, -0.25) is 0 Å². The highest BCUT2D eigenvalue weighted by Gasteiger charge is 2.30. The molecule has 1 atom stereocenters. The number of aliphatic carboxylic acids is 1. The van der Waals surface area contributed by atoms with E-state index >= 15 is 0 Å². The Balaban J connectivity index is 1.41. The zero-order valence-corrected chi connectivity index (χ0v) is 15.5. The summed E-state index contributed by atoms with van der Waals surface area (Å²) in [6, 6.07) is 15.3. The normalized spacial score (nSPS) is 16.4. The molecule has 0 aromatic heterocycles. The standard InChI is InChI=1S/C23H23NO4/c25-22(26)21(13-15-7-1-2-8-15)24-23(27)28-14-20-18-11-5-3-9-16(18)17-10-4-6-12-19(17)20/h1-6,9-12,15,20-21H,7-8,13-14H2,(H,24,27)(H,25,26)/t21-/m0/s1. The van der Waals surface area contributed by atoms with Gasteiger partial charge in [0.15, 0.2) is 0 Å². The van der Waals surface area contributed by atoms with E-state index in [2.05, 4.69) is 41.7 Å². The van der Waals surface area contributed by atoms with Crippen LogP contribution in [0, 0.1) is 5.92 Å². The van der Waals surface area contributed by atoms with Crippen molar-refractivity contribution in [3.8, 4) is 11.1 Å². The van der Waals surface area contributed by atoms with Gasteiger partial charge in [0.05, 0.1) is 0 Å². The third kappa shape index (κ3) is 3.65. The Bertz CT molecular complexity index is 867. The van der Waals surface area contributed by atoms with E-state index < -0.39 is 18.1 Å². The first-order valence-electron chi connectivity index (χ1n) is 9.63. The molecule has 2 aliphatic rings. The highest BCUT2D eigenvalue weighted by molar-refractivity contribution is 5.81. The van der Waals surface area contributed by atoms with Gasteiger partial charge < -0.3 is 15.2 Å². The Morgan fingerprint density at radius 2 is 1.57 bits per heavy atom. The van der Waals surface area contributed by atoms with Gasteiger partial charge in [0.1, 0.15) is 12.6 Å². The molecule has 2 aromatic rings. The molecule has 0 fully saturated rings. The van der Waals surface area contributed by atoms with Crippen molar-refractivity contribution in [2.45, 2.75) is 31.2 Å². The second kappa shape index (κ2) is 7.89. The molecule has 5 heteroatoms. The first kappa shape index (κ1) is 18.3. The summed E-state index contributed by atoms with van der Waals surface area (Å²) in [5, 5.41) is 12.0. The molecule has 0 heterocycles. The fourth-order valence-electron chi connectivity index (χ4n) is 4.20. The average molecular weight is 377 g/mol. The van der Waals surface area contributed by atoms with Crippen LogP contribution in [0.3, 0.4) is 0 Å². The summed E-state index contributed by atoms with van der Waals surface area (Å²) < 4.78 is 5.46. The number of carboxylic acid groups (broad SMARTS) is 1. The largest absolute Gasteiger partial charge is 0.480 e. The van der Waals surface area contributed by atoms with Crippen molar-refractivity contribution in [3.05, 3.63) is 71.8 Å². The van der Waals surface area contributed by atoms with Crippen molar-refractivity contribution in [1.82, 2.24) is 5.32 Å². The number of carbonyl (C=O) groups excluding carboxylic acids is 1. The van der Waals surface area contributed by atoms with Gasteiger partial charge in [0.25, 0.3) is 0 Å². The smallest absolute Gasteiger partial charge is 0.407 e. The maximum atomic E-state index is 12.3. The van der Waals surface area contributed by atoms with Crippen LogP contribution in [-0.2, 0) is 9.53 Å². The predicted octanol–water partition coefficient (Wildman–Crippen LogP) is 4.33. The molecule has 0 bridgehead atoms. The number of ether oxygens (including phenoxy) is 1. The molecule has 1 amide bonds. The monoisotopic (exact) mass is 377 g/mol. The van der Waals surface area contributed by atoms with E-state index in [-0.39, 0.29) is 18.4 Å². The number of rotatable bonds is 6. The van der Waals surface area contributed by atoms with Crippen LogP contribution in [0.25, 0.3) is 11.1 Å². The Morgan fingerprint density at radius 3 is 2.14 bits per heavy atom. The van der Waals surface area contributed by atoms with E-state index in [1.165, 1.54) is 0 Å². The van der Waals surface area contributed by atoms with Crippen molar-refractivity contribution in [1.29, 1.82) is 0 Å². The maximum Gasteiger partial charge on any atom is 0.407 e. The van der Waals surface area contributed by atoms with Gasteiger partial charge in [-0.05, 0) is 47.4 Å². The number of amides is 1. The number of allylic oxidation sites excluding steroid dienone is 2. The van der Waals surface area contributed by atoms with Gasteiger partial charge in [-0.15, -0.1) is 0 Å². The highest BCUT2D eigenvalue weighted by atomic mass is 16.5. The van der Waals surface area contributed by atoms with Crippen molar-refractivity contribution in [2.24, 2.45) is 5.92 Å². The van der Waals surface area contributed by atoms with E-state index in [1.807, 2.05) is 24.3 Å². The van der Waals surface area contributed by atoms with Crippen LogP contribution in [0.5, 0.6) is 0 Å². The van der Waals surface area contributed by atoms with Crippen LogP contribution < -0.4 is 5.32 Å². The minimum Gasteiger partial charge on any atom is -0.480 e. The van der Waals surface area contributed by atoms with Crippen molar-refractivity contribution >= 4 is 12.1 Å². The second-order valence-electron chi connectivity index (χ2n) is 7.41. The van der Waals surface area contributed by atoms with E-state index in [9.17, 15) is 14.7 Å². The number of fused-ring (bicyclic) bond motifs is 3. The number of carbonyl (C=O) groups is 2. The predicted molar refractivity (Wildman–Crippen MR) is 106 cm³/mol. The summed E-state index contributed by atoms with van der Waals surface area (Å²) in [6.45, 7) is 0.178. The third-order valence-electron chi connectivity index (χ3n) is 5.61. The van der Waals surface area contributed by atoms with E-state index in [0.29, 0.717) is 6.42 Å². The molecule has 5 nitrogen and oxygen atoms in total. The topological polar surface area (TPSA) is 75.6 Å². The molecule has 4 rings (SSSR count). The van der Waals surface area contributed by atoms with Crippen molar-refractivity contribution < 1.29 is 19.4 Å². The van der Waals surface area contributed by atoms with Gasteiger partial charge >= 0.3 is 12.1 Å². The lowest BCUT2D eigenvalue weighted by Gasteiger charge is -2.19. The molecule has 0 saturated heterocycles. The first-order valence-corrected chi connectivity index (χ1v) is 9.63. The van der Waals surface area contributed by atoms with Crippen LogP contribution in [0.15, 0.2) is 60.7 Å². The molecule has 2 aliphatic carbocycles. The van der Waals surface area contributed by atoms with Crippen LogP contribution in [-0.4, -0.2) is 29.8 Å². The Labute approximate surface area is 164 Å². The summed E-state index contributed by atoms with van der Waals surface area (Å²) in [5.74, 6) is -0.809. The fourth-order valence-corrected chi connectivity index (χ4v) is 4.20. The van der Waals surface area contributed by atoms with Crippen LogP contribution in [0.1, 0.15) is 36.3 Å². The number of benzene rings is 2. The summed E-state index contributed by atoms with van der Waals surface area (Å²) in [5.41, 5.74) is 4.57. The number of hydrogen-bond acceptors (Lipinski definition) is 3. The molecule has 0 aliphatic heterocycles. The van der Waals surface area contributed by atoms with Gasteiger partial charge in [-0.2, -0.15) is 0 Å². The lowest BCUT2D eigenvalue weighted by Crippen LogP contribution is -2.42. The van der Waals surface area contributed by atoms with E-state index in [0.717, 1.165) is 35.1 Å². The van der Waals surface area contributed by atoms with Gasteiger partial charge in [0.2, 0.25) is 0 Å². The first-order chi connectivity index (χ1) is 13.6. The van der Waals surface area contributed by atoms with E-state index in [1.54, 1.807) is 0 Å². The molecule has 2 aromatic carbocycles. The molecule has 144 valence electrons. The lowest BCUT2D eigenvalue weighted by molar-refractivity contribution is -0.139. The molecule has 0 radical (unpaired) electrons. The summed E-state index contributed by atoms with van der Waals surface area (Å²) in [7, 11) is 0. The molecular weight excluding hydrogens is 354 g/mol. The van der Waals surface area contributed by atoms with Crippen LogP contribution >= 0.6 is 0 Å². The third-order valence-corrected chi connectivity index (χ3v) is 5.61. The van der Waals surface area contributed by atoms with Gasteiger partial charge in [0, 0.05) is 5.92 Å². The number of nitrogens with one attached hydrogen (secondary N) is 1. The second-order valence-corrected chi connectivity index (χ2v) is 7.41. The maximum absolute atomic E-state index is 12.3.